The highest BCUT2D eigenvalue weighted by Gasteiger charge is 2.48. The van der Waals surface area contributed by atoms with Gasteiger partial charge in [-0.2, -0.15) is 13.2 Å². The van der Waals surface area contributed by atoms with Crippen molar-refractivity contribution in [3.8, 4) is 5.69 Å². The highest BCUT2D eigenvalue weighted by Crippen LogP contribution is 2.46. The summed E-state index contributed by atoms with van der Waals surface area (Å²) in [5.41, 5.74) is -0.534. The molecular formula is C15H11F3N2O3. The van der Waals surface area contributed by atoms with Crippen molar-refractivity contribution in [2.24, 2.45) is 0 Å². The van der Waals surface area contributed by atoms with Gasteiger partial charge in [-0.25, -0.2) is 4.79 Å². The largest absolute Gasteiger partial charge is 0.478 e. The lowest BCUT2D eigenvalue weighted by atomic mass is 9.94. The van der Waals surface area contributed by atoms with E-state index in [4.69, 9.17) is 0 Å². The van der Waals surface area contributed by atoms with Crippen molar-refractivity contribution >= 4 is 17.6 Å². The summed E-state index contributed by atoms with van der Waals surface area (Å²) in [6.45, 7) is 0. The number of alkyl halides is 3. The maximum Gasteiger partial charge on any atom is 0.397 e. The standard InChI is InChI=1S/C15H11F3N2O3/c16-15(17,18)10-6-11(21)19-12-9(14(22)23)7-20(13(10)12)8-4-2-1-3-5-8/h1-5,7,10H,6H2,(H,19,21)(H,22,23)/t10-/m1/s1. The number of fused-ring (bicyclic) bond motifs is 1. The van der Waals surface area contributed by atoms with Gasteiger partial charge in [-0.1, -0.05) is 18.2 Å². The highest BCUT2D eigenvalue weighted by atomic mass is 19.4. The van der Waals surface area contributed by atoms with Crippen LogP contribution >= 0.6 is 0 Å². The minimum absolute atomic E-state index is 0.263. The second kappa shape index (κ2) is 5.15. The molecule has 0 saturated heterocycles. The first-order valence-corrected chi connectivity index (χ1v) is 6.69. The molecule has 120 valence electrons. The van der Waals surface area contributed by atoms with Gasteiger partial charge in [-0.15, -0.1) is 0 Å². The summed E-state index contributed by atoms with van der Waals surface area (Å²) in [7, 11) is 0. The molecule has 0 saturated carbocycles. The molecule has 1 aromatic heterocycles. The summed E-state index contributed by atoms with van der Waals surface area (Å²) in [6, 6.07) is 8.09. The molecule has 0 unspecified atom stereocenters. The number of rotatable bonds is 2. The van der Waals surface area contributed by atoms with Crippen molar-refractivity contribution in [1.29, 1.82) is 0 Å². The Kier molecular flexibility index (Phi) is 3.39. The zero-order chi connectivity index (χ0) is 16.8. The van der Waals surface area contributed by atoms with E-state index in [-0.39, 0.29) is 16.9 Å². The molecule has 0 aliphatic carbocycles. The Hall–Kier alpha value is -2.77. The molecule has 5 nitrogen and oxygen atoms in total. The molecule has 1 atom stereocenters. The maximum atomic E-state index is 13.4. The fraction of sp³-hybridized carbons (Fsp3) is 0.200. The Labute approximate surface area is 128 Å². The van der Waals surface area contributed by atoms with E-state index in [0.29, 0.717) is 5.69 Å². The predicted octanol–water partition coefficient (Wildman–Crippen LogP) is 3.16. The number of halogens is 3. The molecule has 23 heavy (non-hydrogen) atoms. The molecule has 0 fully saturated rings. The van der Waals surface area contributed by atoms with E-state index in [0.717, 1.165) is 6.20 Å². The average molecular weight is 324 g/mol. The number of hydrogen-bond donors (Lipinski definition) is 2. The van der Waals surface area contributed by atoms with Crippen LogP contribution in [0.2, 0.25) is 0 Å². The molecule has 0 radical (unpaired) electrons. The molecule has 1 amide bonds. The van der Waals surface area contributed by atoms with Crippen LogP contribution in [0.3, 0.4) is 0 Å². The lowest BCUT2D eigenvalue weighted by Gasteiger charge is -2.27. The maximum absolute atomic E-state index is 13.4. The molecule has 2 aromatic rings. The molecule has 8 heteroatoms. The van der Waals surface area contributed by atoms with Gasteiger partial charge in [-0.3, -0.25) is 4.79 Å². The minimum Gasteiger partial charge on any atom is -0.478 e. The summed E-state index contributed by atoms with van der Waals surface area (Å²) < 4.78 is 41.3. The average Bonchev–Trinajstić information content (AvgIpc) is 2.85. The van der Waals surface area contributed by atoms with Crippen molar-refractivity contribution < 1.29 is 27.9 Å². The SMILES string of the molecule is O=C1C[C@@H](C(F)(F)F)c2c(c(C(=O)O)cn2-c2ccccc2)N1. The molecule has 0 bridgehead atoms. The number of nitrogens with zero attached hydrogens (tertiary/aromatic N) is 1. The Morgan fingerprint density at radius 2 is 1.91 bits per heavy atom. The number of aromatic nitrogens is 1. The summed E-state index contributed by atoms with van der Waals surface area (Å²) in [5, 5.41) is 11.5. The number of carboxylic acids is 1. The number of aromatic carboxylic acids is 1. The molecular weight excluding hydrogens is 313 g/mol. The van der Waals surface area contributed by atoms with Gasteiger partial charge in [0.2, 0.25) is 5.91 Å². The van der Waals surface area contributed by atoms with Crippen LogP contribution in [0.1, 0.15) is 28.4 Å². The topological polar surface area (TPSA) is 71.3 Å². The van der Waals surface area contributed by atoms with E-state index >= 15 is 0 Å². The van der Waals surface area contributed by atoms with Gasteiger partial charge in [0, 0.05) is 18.3 Å². The Morgan fingerprint density at radius 3 is 2.48 bits per heavy atom. The summed E-state index contributed by atoms with van der Waals surface area (Å²) >= 11 is 0. The third-order valence-electron chi connectivity index (χ3n) is 3.69. The molecule has 1 aliphatic heterocycles. The number of carboxylic acid groups (broad SMARTS) is 1. The van der Waals surface area contributed by atoms with Crippen molar-refractivity contribution in [1.82, 2.24) is 4.57 Å². The van der Waals surface area contributed by atoms with Crippen LogP contribution in [-0.4, -0.2) is 27.7 Å². The number of nitrogens with one attached hydrogen (secondary N) is 1. The van der Waals surface area contributed by atoms with Crippen LogP contribution in [0.5, 0.6) is 0 Å². The van der Waals surface area contributed by atoms with Gasteiger partial charge in [0.25, 0.3) is 0 Å². The van der Waals surface area contributed by atoms with Gasteiger partial charge >= 0.3 is 12.1 Å². The number of anilines is 1. The molecule has 3 rings (SSSR count). The third-order valence-corrected chi connectivity index (χ3v) is 3.69. The van der Waals surface area contributed by atoms with E-state index in [9.17, 15) is 27.9 Å². The number of amides is 1. The van der Waals surface area contributed by atoms with Crippen LogP contribution in [0, 0.1) is 0 Å². The molecule has 1 aliphatic rings. The molecule has 1 aromatic carbocycles. The lowest BCUT2D eigenvalue weighted by molar-refractivity contribution is -0.157. The number of carbonyl (C=O) groups excluding carboxylic acids is 1. The van der Waals surface area contributed by atoms with Crippen LogP contribution in [0.25, 0.3) is 5.69 Å². The Bertz CT molecular complexity index is 781. The second-order valence-electron chi connectivity index (χ2n) is 5.16. The van der Waals surface area contributed by atoms with Gasteiger partial charge in [0.1, 0.15) is 11.5 Å². The van der Waals surface area contributed by atoms with Crippen LogP contribution in [-0.2, 0) is 4.79 Å². The van der Waals surface area contributed by atoms with E-state index < -0.39 is 30.4 Å². The fourth-order valence-electron chi connectivity index (χ4n) is 2.70. The summed E-state index contributed by atoms with van der Waals surface area (Å²) in [4.78, 5) is 22.9. The zero-order valence-electron chi connectivity index (χ0n) is 11.6. The number of carbonyl (C=O) groups is 2. The van der Waals surface area contributed by atoms with Crippen LogP contribution < -0.4 is 5.32 Å². The first-order chi connectivity index (χ1) is 10.8. The molecule has 2 heterocycles. The first-order valence-electron chi connectivity index (χ1n) is 6.69. The van der Waals surface area contributed by atoms with Crippen molar-refractivity contribution in [2.45, 2.75) is 18.5 Å². The summed E-state index contributed by atoms with van der Waals surface area (Å²) in [6.07, 6.45) is -4.33. The number of benzene rings is 1. The normalized spacial score (nSPS) is 17.5. The number of para-hydroxylation sites is 1. The van der Waals surface area contributed by atoms with Gasteiger partial charge in [-0.05, 0) is 12.1 Å². The monoisotopic (exact) mass is 324 g/mol. The van der Waals surface area contributed by atoms with E-state index in [1.165, 1.54) is 4.57 Å². The van der Waals surface area contributed by atoms with E-state index in [1.807, 2.05) is 0 Å². The third kappa shape index (κ3) is 2.56. The van der Waals surface area contributed by atoms with Crippen molar-refractivity contribution in [2.75, 3.05) is 5.32 Å². The number of hydrogen-bond acceptors (Lipinski definition) is 2. The van der Waals surface area contributed by atoms with Crippen molar-refractivity contribution in [3.05, 3.63) is 47.8 Å². The van der Waals surface area contributed by atoms with E-state index in [2.05, 4.69) is 5.32 Å². The van der Waals surface area contributed by atoms with Crippen LogP contribution in [0.4, 0.5) is 18.9 Å². The fourth-order valence-corrected chi connectivity index (χ4v) is 2.70. The van der Waals surface area contributed by atoms with E-state index in [1.54, 1.807) is 30.3 Å². The quantitative estimate of drug-likeness (QED) is 0.891. The van der Waals surface area contributed by atoms with Gasteiger partial charge in [0.05, 0.1) is 11.4 Å². The Balaban J connectivity index is 2.29. The van der Waals surface area contributed by atoms with Gasteiger partial charge in [0.15, 0.2) is 0 Å². The molecule has 2 N–H and O–H groups in total. The molecule has 0 spiro atoms. The van der Waals surface area contributed by atoms with Gasteiger partial charge < -0.3 is 15.0 Å². The smallest absolute Gasteiger partial charge is 0.397 e. The van der Waals surface area contributed by atoms with Crippen molar-refractivity contribution in [3.63, 3.8) is 0 Å². The first kappa shape index (κ1) is 15.1. The highest BCUT2D eigenvalue weighted by molar-refractivity contribution is 6.03. The minimum atomic E-state index is -4.66. The second-order valence-corrected chi connectivity index (χ2v) is 5.16. The van der Waals surface area contributed by atoms with Crippen LogP contribution in [0.15, 0.2) is 36.5 Å². The lowest BCUT2D eigenvalue weighted by Crippen LogP contribution is -2.33. The zero-order valence-corrected chi connectivity index (χ0v) is 11.6. The predicted molar refractivity (Wildman–Crippen MR) is 74.8 cm³/mol. The Morgan fingerprint density at radius 1 is 1.26 bits per heavy atom. The summed E-state index contributed by atoms with van der Waals surface area (Å²) in [5.74, 6) is -4.31.